The zero-order valence-corrected chi connectivity index (χ0v) is 10.2. The van der Waals surface area contributed by atoms with E-state index < -0.39 is 0 Å². The number of rotatable bonds is 2. The van der Waals surface area contributed by atoms with Crippen LogP contribution >= 0.6 is 31.9 Å². The van der Waals surface area contributed by atoms with Crippen LogP contribution in [0, 0.1) is 12.3 Å². The Kier molecular flexibility index (Phi) is 3.91. The summed E-state index contributed by atoms with van der Waals surface area (Å²) in [5.74, 6) is 2.61. The Morgan fingerprint density at radius 2 is 2.31 bits per heavy atom. The number of hydrogen-bond acceptors (Lipinski definition) is 2. The maximum atomic E-state index is 5.34. The average Bonchev–Trinajstić information content (AvgIpc) is 2.10. The Hall–Kier alpha value is -0.370. The second kappa shape index (κ2) is 4.75. The van der Waals surface area contributed by atoms with Gasteiger partial charge in [0, 0.05) is 15.1 Å². The summed E-state index contributed by atoms with van der Waals surface area (Å²) in [5, 5.41) is 2.98. The second-order valence-electron chi connectivity index (χ2n) is 2.41. The van der Waals surface area contributed by atoms with Gasteiger partial charge in [0.2, 0.25) is 0 Å². The predicted molar refractivity (Wildman–Crippen MR) is 60.3 cm³/mol. The first-order chi connectivity index (χ1) is 6.19. The van der Waals surface area contributed by atoms with Gasteiger partial charge in [0.25, 0.3) is 0 Å². The maximum absolute atomic E-state index is 5.34. The van der Waals surface area contributed by atoms with Gasteiger partial charge in [0.15, 0.2) is 0 Å². The van der Waals surface area contributed by atoms with E-state index in [1.165, 1.54) is 0 Å². The third-order valence-electron chi connectivity index (χ3n) is 1.57. The summed E-state index contributed by atoms with van der Waals surface area (Å²) >= 11 is 6.73. The molecule has 0 aliphatic carbocycles. The van der Waals surface area contributed by atoms with E-state index in [1.807, 2.05) is 6.07 Å². The maximum Gasteiger partial charge on any atom is 0.112 e. The molecule has 0 aliphatic heterocycles. The van der Waals surface area contributed by atoms with Crippen LogP contribution in [0.4, 0.5) is 0 Å². The molecule has 0 spiro atoms. The molecule has 4 heteroatoms. The molecule has 0 fully saturated rings. The van der Waals surface area contributed by atoms with E-state index in [0.717, 1.165) is 14.6 Å². The van der Waals surface area contributed by atoms with Crippen molar-refractivity contribution in [3.05, 3.63) is 26.9 Å². The molecule has 1 aromatic heterocycles. The van der Waals surface area contributed by atoms with E-state index in [1.54, 1.807) is 13.2 Å². The number of halogens is 2. The Morgan fingerprint density at radius 1 is 1.62 bits per heavy atom. The molecule has 1 unspecified atom stereocenters. The van der Waals surface area contributed by atoms with Gasteiger partial charge >= 0.3 is 0 Å². The van der Waals surface area contributed by atoms with Crippen LogP contribution in [0.15, 0.2) is 21.2 Å². The fourth-order valence-corrected chi connectivity index (χ4v) is 2.15. The highest BCUT2D eigenvalue weighted by molar-refractivity contribution is 9.11. The minimum absolute atomic E-state index is 0.150. The average molecular weight is 304 g/mol. The fourth-order valence-electron chi connectivity index (χ4n) is 0.937. The molecule has 13 heavy (non-hydrogen) atoms. The van der Waals surface area contributed by atoms with Crippen molar-refractivity contribution in [2.45, 2.75) is 6.04 Å². The molecule has 0 aromatic carbocycles. The molecule has 1 rings (SSSR count). The topological polar surface area (TPSA) is 24.9 Å². The van der Waals surface area contributed by atoms with E-state index in [-0.39, 0.29) is 6.04 Å². The number of hydrogen-bond donors (Lipinski definition) is 1. The Bertz CT molecular complexity index is 344. The standard InChI is InChI=1S/C9H8Br2N2/c1-3-8(12-2)9-7(11)4-6(10)5-13-9/h1,4-5,8,12H,2H3. The summed E-state index contributed by atoms with van der Waals surface area (Å²) in [6, 6.07) is 1.77. The van der Waals surface area contributed by atoms with Gasteiger partial charge in [-0.05, 0) is 45.0 Å². The van der Waals surface area contributed by atoms with Gasteiger partial charge in [0.1, 0.15) is 6.04 Å². The zero-order valence-electron chi connectivity index (χ0n) is 7.01. The van der Waals surface area contributed by atoms with Gasteiger partial charge in [-0.1, -0.05) is 5.92 Å². The summed E-state index contributed by atoms with van der Waals surface area (Å²) in [6.45, 7) is 0. The molecule has 1 N–H and O–H groups in total. The molecular weight excluding hydrogens is 296 g/mol. The van der Waals surface area contributed by atoms with Crippen LogP contribution in [0.25, 0.3) is 0 Å². The smallest absolute Gasteiger partial charge is 0.112 e. The lowest BCUT2D eigenvalue weighted by atomic mass is 10.2. The SMILES string of the molecule is C#CC(NC)c1ncc(Br)cc1Br. The summed E-state index contributed by atoms with van der Waals surface area (Å²) < 4.78 is 1.83. The van der Waals surface area contributed by atoms with Gasteiger partial charge in [0.05, 0.1) is 5.69 Å². The lowest BCUT2D eigenvalue weighted by molar-refractivity contribution is 0.709. The van der Waals surface area contributed by atoms with Gasteiger partial charge in [-0.15, -0.1) is 6.42 Å². The predicted octanol–water partition coefficient (Wildman–Crippen LogP) is 2.50. The lowest BCUT2D eigenvalue weighted by Crippen LogP contribution is -2.16. The normalized spacial score (nSPS) is 12.2. The van der Waals surface area contributed by atoms with E-state index in [2.05, 4.69) is 48.1 Å². The van der Waals surface area contributed by atoms with E-state index in [4.69, 9.17) is 6.42 Å². The van der Waals surface area contributed by atoms with Gasteiger partial charge in [-0.2, -0.15) is 0 Å². The summed E-state index contributed by atoms with van der Waals surface area (Å²) in [4.78, 5) is 4.22. The Labute approximate surface area is 94.4 Å². The zero-order chi connectivity index (χ0) is 9.84. The third kappa shape index (κ3) is 2.53. The van der Waals surface area contributed by atoms with Gasteiger partial charge < -0.3 is 5.32 Å². The fraction of sp³-hybridized carbons (Fsp3) is 0.222. The first-order valence-corrected chi connectivity index (χ1v) is 5.22. The number of aromatic nitrogens is 1. The van der Waals surface area contributed by atoms with Crippen LogP contribution in [0.2, 0.25) is 0 Å². The molecule has 0 amide bonds. The first-order valence-electron chi connectivity index (χ1n) is 3.63. The monoisotopic (exact) mass is 302 g/mol. The second-order valence-corrected chi connectivity index (χ2v) is 4.18. The molecule has 0 bridgehead atoms. The summed E-state index contributed by atoms with van der Waals surface area (Å²) in [5.41, 5.74) is 0.827. The first kappa shape index (κ1) is 10.7. The van der Waals surface area contributed by atoms with Crippen molar-refractivity contribution in [3.8, 4) is 12.3 Å². The van der Waals surface area contributed by atoms with Crippen LogP contribution in [-0.2, 0) is 0 Å². The van der Waals surface area contributed by atoms with Crippen molar-refractivity contribution >= 4 is 31.9 Å². The van der Waals surface area contributed by atoms with E-state index in [9.17, 15) is 0 Å². The van der Waals surface area contributed by atoms with E-state index in [0.29, 0.717) is 0 Å². The number of nitrogens with zero attached hydrogens (tertiary/aromatic N) is 1. The molecule has 1 atom stereocenters. The number of pyridine rings is 1. The summed E-state index contributed by atoms with van der Waals surface area (Å²) in [6.07, 6.45) is 7.06. The van der Waals surface area contributed by atoms with Crippen LogP contribution in [0.5, 0.6) is 0 Å². The molecule has 68 valence electrons. The molecule has 0 radical (unpaired) electrons. The van der Waals surface area contributed by atoms with Crippen molar-refractivity contribution in [1.82, 2.24) is 10.3 Å². The molecule has 1 aromatic rings. The van der Waals surface area contributed by atoms with Crippen LogP contribution in [-0.4, -0.2) is 12.0 Å². The lowest BCUT2D eigenvalue weighted by Gasteiger charge is -2.10. The Balaban J connectivity index is 3.09. The van der Waals surface area contributed by atoms with Crippen molar-refractivity contribution < 1.29 is 0 Å². The van der Waals surface area contributed by atoms with Gasteiger partial charge in [-0.25, -0.2) is 0 Å². The number of nitrogens with one attached hydrogen (secondary N) is 1. The van der Waals surface area contributed by atoms with Crippen LogP contribution in [0.1, 0.15) is 11.7 Å². The molecule has 0 saturated heterocycles. The van der Waals surface area contributed by atoms with Crippen molar-refractivity contribution in [2.24, 2.45) is 0 Å². The molecule has 0 aliphatic rings. The third-order valence-corrected chi connectivity index (χ3v) is 2.63. The van der Waals surface area contributed by atoms with Crippen molar-refractivity contribution in [1.29, 1.82) is 0 Å². The minimum Gasteiger partial charge on any atom is -0.302 e. The molecule has 2 nitrogen and oxygen atoms in total. The molecular formula is C9H8Br2N2. The van der Waals surface area contributed by atoms with Gasteiger partial charge in [-0.3, -0.25) is 4.98 Å². The molecule has 1 heterocycles. The Morgan fingerprint density at radius 3 is 2.77 bits per heavy atom. The minimum atomic E-state index is -0.150. The highest BCUT2D eigenvalue weighted by Gasteiger charge is 2.10. The van der Waals surface area contributed by atoms with Crippen molar-refractivity contribution in [2.75, 3.05) is 7.05 Å². The number of terminal acetylenes is 1. The quantitative estimate of drug-likeness (QED) is 0.849. The van der Waals surface area contributed by atoms with Crippen LogP contribution < -0.4 is 5.32 Å². The van der Waals surface area contributed by atoms with E-state index >= 15 is 0 Å². The van der Waals surface area contributed by atoms with Crippen molar-refractivity contribution in [3.63, 3.8) is 0 Å². The largest absolute Gasteiger partial charge is 0.302 e. The van der Waals surface area contributed by atoms with Crippen LogP contribution in [0.3, 0.4) is 0 Å². The molecule has 0 saturated carbocycles. The highest BCUT2D eigenvalue weighted by atomic mass is 79.9. The summed E-state index contributed by atoms with van der Waals surface area (Å²) in [7, 11) is 1.81. The highest BCUT2D eigenvalue weighted by Crippen LogP contribution is 2.23.